The lowest BCUT2D eigenvalue weighted by Gasteiger charge is -2.10. The molecule has 0 saturated heterocycles. The predicted octanol–water partition coefficient (Wildman–Crippen LogP) is 3.55. The molecule has 0 amide bonds. The van der Waals surface area contributed by atoms with Gasteiger partial charge in [0.05, 0.1) is 6.61 Å². The molecule has 0 aliphatic rings. The summed E-state index contributed by atoms with van der Waals surface area (Å²) in [5.74, 6) is 1.34. The standard InChI is InChI=1S/C16H19NO2/c1-4-14-8-13(10-18)9-16(17-14)19-15-6-5-11(2)7-12(15)3/h5-9,18H,4,10H2,1-3H3. The van der Waals surface area contributed by atoms with E-state index in [2.05, 4.69) is 18.0 Å². The van der Waals surface area contributed by atoms with Crippen LogP contribution in [0.3, 0.4) is 0 Å². The van der Waals surface area contributed by atoms with Crippen LogP contribution in [0.15, 0.2) is 30.3 Å². The van der Waals surface area contributed by atoms with Gasteiger partial charge in [-0.15, -0.1) is 0 Å². The molecule has 2 aromatic rings. The highest BCUT2D eigenvalue weighted by Crippen LogP contribution is 2.25. The van der Waals surface area contributed by atoms with Gasteiger partial charge >= 0.3 is 0 Å². The average Bonchev–Trinajstić information content (AvgIpc) is 2.41. The minimum atomic E-state index is -0.00123. The number of aliphatic hydroxyl groups excluding tert-OH is 1. The van der Waals surface area contributed by atoms with Crippen LogP contribution in [0.1, 0.15) is 29.3 Å². The lowest BCUT2D eigenvalue weighted by Crippen LogP contribution is -1.97. The first kappa shape index (κ1) is 13.6. The Kier molecular flexibility index (Phi) is 4.17. The Morgan fingerprint density at radius 1 is 1.16 bits per heavy atom. The van der Waals surface area contributed by atoms with Gasteiger partial charge in [0.1, 0.15) is 5.75 Å². The van der Waals surface area contributed by atoms with Gasteiger partial charge in [-0.2, -0.15) is 0 Å². The molecule has 1 aromatic carbocycles. The molecule has 0 saturated carbocycles. The molecular weight excluding hydrogens is 238 g/mol. The second-order valence-corrected chi connectivity index (χ2v) is 4.69. The summed E-state index contributed by atoms with van der Waals surface area (Å²) in [6.07, 6.45) is 0.817. The molecule has 1 N–H and O–H groups in total. The number of nitrogens with zero attached hydrogens (tertiary/aromatic N) is 1. The summed E-state index contributed by atoms with van der Waals surface area (Å²) in [5.41, 5.74) is 4.03. The van der Waals surface area contributed by atoms with Crippen LogP contribution in [0.4, 0.5) is 0 Å². The van der Waals surface area contributed by atoms with Gasteiger partial charge in [-0.25, -0.2) is 4.98 Å². The van der Waals surface area contributed by atoms with Crippen LogP contribution in [0.25, 0.3) is 0 Å². The van der Waals surface area contributed by atoms with Gasteiger partial charge in [-0.3, -0.25) is 0 Å². The lowest BCUT2D eigenvalue weighted by molar-refractivity contribution is 0.281. The van der Waals surface area contributed by atoms with E-state index in [1.165, 1.54) is 5.56 Å². The van der Waals surface area contributed by atoms with E-state index in [-0.39, 0.29) is 6.61 Å². The van der Waals surface area contributed by atoms with Crippen molar-refractivity contribution < 1.29 is 9.84 Å². The number of benzene rings is 1. The fraction of sp³-hybridized carbons (Fsp3) is 0.312. The van der Waals surface area contributed by atoms with Gasteiger partial charge in [-0.1, -0.05) is 24.6 Å². The van der Waals surface area contributed by atoms with E-state index in [0.717, 1.165) is 29.0 Å². The van der Waals surface area contributed by atoms with Crippen molar-refractivity contribution in [3.63, 3.8) is 0 Å². The number of rotatable bonds is 4. The van der Waals surface area contributed by atoms with E-state index in [0.29, 0.717) is 5.88 Å². The molecule has 0 spiro atoms. The molecule has 100 valence electrons. The summed E-state index contributed by atoms with van der Waals surface area (Å²) in [5, 5.41) is 9.26. The number of ether oxygens (including phenoxy) is 1. The molecule has 1 heterocycles. The lowest BCUT2D eigenvalue weighted by atomic mass is 10.1. The summed E-state index contributed by atoms with van der Waals surface area (Å²) in [6, 6.07) is 9.71. The monoisotopic (exact) mass is 257 g/mol. The molecule has 19 heavy (non-hydrogen) atoms. The van der Waals surface area contributed by atoms with Crippen molar-refractivity contribution in [2.24, 2.45) is 0 Å². The van der Waals surface area contributed by atoms with Crippen molar-refractivity contribution in [1.29, 1.82) is 0 Å². The third kappa shape index (κ3) is 3.32. The Hall–Kier alpha value is -1.87. The SMILES string of the molecule is CCc1cc(CO)cc(Oc2ccc(C)cc2C)n1. The molecule has 0 atom stereocenters. The largest absolute Gasteiger partial charge is 0.439 e. The number of pyridine rings is 1. The van der Waals surface area contributed by atoms with Crippen LogP contribution in [0.5, 0.6) is 11.6 Å². The van der Waals surface area contributed by atoms with Crippen molar-refractivity contribution in [1.82, 2.24) is 4.98 Å². The van der Waals surface area contributed by atoms with E-state index in [4.69, 9.17) is 4.74 Å². The minimum absolute atomic E-state index is 0.00123. The first-order valence-corrected chi connectivity index (χ1v) is 6.48. The minimum Gasteiger partial charge on any atom is -0.439 e. The molecule has 0 bridgehead atoms. The molecule has 3 nitrogen and oxygen atoms in total. The smallest absolute Gasteiger partial charge is 0.219 e. The molecule has 0 unspecified atom stereocenters. The second-order valence-electron chi connectivity index (χ2n) is 4.69. The van der Waals surface area contributed by atoms with Crippen molar-refractivity contribution in [2.75, 3.05) is 0 Å². The van der Waals surface area contributed by atoms with Gasteiger partial charge in [0.15, 0.2) is 0 Å². The van der Waals surface area contributed by atoms with E-state index in [1.807, 2.05) is 32.0 Å². The van der Waals surface area contributed by atoms with Gasteiger partial charge in [0.25, 0.3) is 0 Å². The molecule has 0 aliphatic carbocycles. The molecule has 1 aromatic heterocycles. The maximum atomic E-state index is 9.26. The molecule has 0 aliphatic heterocycles. The zero-order chi connectivity index (χ0) is 13.8. The Morgan fingerprint density at radius 3 is 2.58 bits per heavy atom. The molecule has 3 heteroatoms. The summed E-state index contributed by atoms with van der Waals surface area (Å²) in [6.45, 7) is 6.10. The Balaban J connectivity index is 2.31. The summed E-state index contributed by atoms with van der Waals surface area (Å²) in [7, 11) is 0. The maximum Gasteiger partial charge on any atom is 0.219 e. The Labute approximate surface area is 113 Å². The topological polar surface area (TPSA) is 42.4 Å². The van der Waals surface area contributed by atoms with Crippen LogP contribution in [0.2, 0.25) is 0 Å². The average molecular weight is 257 g/mol. The Bertz CT molecular complexity index is 557. The van der Waals surface area contributed by atoms with Crippen LogP contribution in [0, 0.1) is 13.8 Å². The fourth-order valence-corrected chi connectivity index (χ4v) is 1.97. The maximum absolute atomic E-state index is 9.26. The van der Waals surface area contributed by atoms with E-state index in [1.54, 1.807) is 6.07 Å². The second kappa shape index (κ2) is 5.85. The van der Waals surface area contributed by atoms with E-state index in [9.17, 15) is 5.11 Å². The highest BCUT2D eigenvalue weighted by Gasteiger charge is 2.06. The van der Waals surface area contributed by atoms with Crippen LogP contribution in [-0.4, -0.2) is 10.1 Å². The first-order chi connectivity index (χ1) is 9.12. The summed E-state index contributed by atoms with van der Waals surface area (Å²) in [4.78, 5) is 4.43. The van der Waals surface area contributed by atoms with Crippen molar-refractivity contribution in [3.05, 3.63) is 52.7 Å². The van der Waals surface area contributed by atoms with Crippen LogP contribution >= 0.6 is 0 Å². The Morgan fingerprint density at radius 2 is 1.95 bits per heavy atom. The number of aryl methyl sites for hydroxylation is 3. The van der Waals surface area contributed by atoms with Gasteiger partial charge < -0.3 is 9.84 Å². The number of aromatic nitrogens is 1. The predicted molar refractivity (Wildman–Crippen MR) is 75.5 cm³/mol. The zero-order valence-electron chi connectivity index (χ0n) is 11.6. The molecule has 0 fully saturated rings. The van der Waals surface area contributed by atoms with Gasteiger partial charge in [0, 0.05) is 11.8 Å². The van der Waals surface area contributed by atoms with Gasteiger partial charge in [0.2, 0.25) is 5.88 Å². The van der Waals surface area contributed by atoms with Crippen molar-refractivity contribution in [3.8, 4) is 11.6 Å². The normalized spacial score (nSPS) is 10.5. The number of hydrogen-bond acceptors (Lipinski definition) is 3. The third-order valence-corrected chi connectivity index (χ3v) is 3.00. The highest BCUT2D eigenvalue weighted by atomic mass is 16.5. The zero-order valence-corrected chi connectivity index (χ0v) is 11.6. The van der Waals surface area contributed by atoms with Crippen LogP contribution in [-0.2, 0) is 13.0 Å². The van der Waals surface area contributed by atoms with Crippen molar-refractivity contribution >= 4 is 0 Å². The van der Waals surface area contributed by atoms with Gasteiger partial charge in [-0.05, 0) is 43.5 Å². The quantitative estimate of drug-likeness (QED) is 0.910. The number of hydrogen-bond donors (Lipinski definition) is 1. The van der Waals surface area contributed by atoms with Crippen molar-refractivity contribution in [2.45, 2.75) is 33.8 Å². The third-order valence-electron chi connectivity index (χ3n) is 3.00. The number of aliphatic hydroxyl groups is 1. The summed E-state index contributed by atoms with van der Waals surface area (Å²) < 4.78 is 5.83. The summed E-state index contributed by atoms with van der Waals surface area (Å²) >= 11 is 0. The highest BCUT2D eigenvalue weighted by molar-refractivity contribution is 5.38. The van der Waals surface area contributed by atoms with E-state index >= 15 is 0 Å². The first-order valence-electron chi connectivity index (χ1n) is 6.48. The van der Waals surface area contributed by atoms with E-state index < -0.39 is 0 Å². The fourth-order valence-electron chi connectivity index (χ4n) is 1.97. The molecule has 2 rings (SSSR count). The molecular formula is C16H19NO2. The van der Waals surface area contributed by atoms with Crippen LogP contribution < -0.4 is 4.74 Å². The molecule has 0 radical (unpaired) electrons.